The lowest BCUT2D eigenvalue weighted by Crippen LogP contribution is -2.18. The van der Waals surface area contributed by atoms with E-state index in [1.54, 1.807) is 0 Å². The molecule has 3 heteroatoms. The van der Waals surface area contributed by atoms with Gasteiger partial charge in [0.2, 0.25) is 0 Å². The SMILES string of the molecule is C=CC[C@@H](COC(=O)CCl)C(C)C. The molecule has 0 aliphatic carbocycles. The minimum atomic E-state index is -0.351. The Hall–Kier alpha value is -0.500. The molecule has 13 heavy (non-hydrogen) atoms. The van der Waals surface area contributed by atoms with Crippen LogP contribution in [0.25, 0.3) is 0 Å². The normalized spacial score (nSPS) is 12.6. The molecule has 0 radical (unpaired) electrons. The monoisotopic (exact) mass is 204 g/mol. The summed E-state index contributed by atoms with van der Waals surface area (Å²) in [6.07, 6.45) is 2.71. The van der Waals surface area contributed by atoms with E-state index in [0.717, 1.165) is 6.42 Å². The molecule has 0 aromatic carbocycles. The molecular weight excluding hydrogens is 188 g/mol. The first-order valence-electron chi connectivity index (χ1n) is 4.44. The van der Waals surface area contributed by atoms with E-state index < -0.39 is 0 Å². The van der Waals surface area contributed by atoms with Crippen molar-refractivity contribution in [3.63, 3.8) is 0 Å². The number of carbonyl (C=O) groups excluding carboxylic acids is 1. The first kappa shape index (κ1) is 12.5. The number of allylic oxidation sites excluding steroid dienone is 1. The molecule has 0 fully saturated rings. The zero-order valence-electron chi connectivity index (χ0n) is 8.25. The van der Waals surface area contributed by atoms with Crippen LogP contribution < -0.4 is 0 Å². The number of halogens is 1. The average molecular weight is 205 g/mol. The summed E-state index contributed by atoms with van der Waals surface area (Å²) in [7, 11) is 0. The lowest BCUT2D eigenvalue weighted by atomic mass is 9.93. The second-order valence-electron chi connectivity index (χ2n) is 3.35. The third-order valence-corrected chi connectivity index (χ3v) is 2.20. The molecule has 0 N–H and O–H groups in total. The van der Waals surface area contributed by atoms with Crippen LogP contribution in [-0.2, 0) is 9.53 Å². The zero-order chi connectivity index (χ0) is 10.3. The molecule has 0 aromatic heterocycles. The molecule has 0 aliphatic heterocycles. The summed E-state index contributed by atoms with van der Waals surface area (Å²) in [4.78, 5) is 10.8. The van der Waals surface area contributed by atoms with Gasteiger partial charge in [-0.25, -0.2) is 0 Å². The van der Waals surface area contributed by atoms with E-state index in [-0.39, 0.29) is 11.8 Å². The van der Waals surface area contributed by atoms with Crippen molar-refractivity contribution < 1.29 is 9.53 Å². The maximum Gasteiger partial charge on any atom is 0.320 e. The minimum Gasteiger partial charge on any atom is -0.464 e. The van der Waals surface area contributed by atoms with Crippen LogP contribution in [0.5, 0.6) is 0 Å². The number of ether oxygens (including phenoxy) is 1. The summed E-state index contributed by atoms with van der Waals surface area (Å²) in [5.74, 6) is 0.418. The Morgan fingerprint density at radius 2 is 2.23 bits per heavy atom. The maximum atomic E-state index is 10.8. The molecule has 0 amide bonds. The van der Waals surface area contributed by atoms with Crippen molar-refractivity contribution in [2.24, 2.45) is 11.8 Å². The number of rotatable bonds is 6. The Morgan fingerprint density at radius 3 is 2.62 bits per heavy atom. The van der Waals surface area contributed by atoms with Crippen molar-refractivity contribution in [1.82, 2.24) is 0 Å². The van der Waals surface area contributed by atoms with Crippen LogP contribution in [0.2, 0.25) is 0 Å². The fraction of sp³-hybridized carbons (Fsp3) is 0.700. The lowest BCUT2D eigenvalue weighted by molar-refractivity contribution is -0.142. The predicted octanol–water partition coefficient (Wildman–Crippen LogP) is 2.62. The molecule has 0 rings (SSSR count). The van der Waals surface area contributed by atoms with Crippen LogP contribution in [0, 0.1) is 11.8 Å². The van der Waals surface area contributed by atoms with E-state index in [9.17, 15) is 4.79 Å². The maximum absolute atomic E-state index is 10.8. The van der Waals surface area contributed by atoms with Crippen molar-refractivity contribution >= 4 is 17.6 Å². The fourth-order valence-electron chi connectivity index (χ4n) is 0.985. The Balaban J connectivity index is 3.81. The van der Waals surface area contributed by atoms with Gasteiger partial charge in [0.25, 0.3) is 0 Å². The van der Waals surface area contributed by atoms with E-state index in [1.807, 2.05) is 6.08 Å². The molecule has 0 unspecified atom stereocenters. The first-order chi connectivity index (χ1) is 6.11. The summed E-state index contributed by atoms with van der Waals surface area (Å²) in [6.45, 7) is 8.30. The van der Waals surface area contributed by atoms with Crippen LogP contribution in [0.15, 0.2) is 12.7 Å². The predicted molar refractivity (Wildman–Crippen MR) is 54.8 cm³/mol. The molecule has 0 heterocycles. The van der Waals surface area contributed by atoms with Gasteiger partial charge in [-0.15, -0.1) is 18.2 Å². The van der Waals surface area contributed by atoms with Gasteiger partial charge >= 0.3 is 5.97 Å². The highest BCUT2D eigenvalue weighted by molar-refractivity contribution is 6.26. The number of carbonyl (C=O) groups is 1. The van der Waals surface area contributed by atoms with E-state index >= 15 is 0 Å². The van der Waals surface area contributed by atoms with Gasteiger partial charge in [0.15, 0.2) is 0 Å². The van der Waals surface area contributed by atoms with Crippen LogP contribution in [-0.4, -0.2) is 18.5 Å². The van der Waals surface area contributed by atoms with E-state index in [1.165, 1.54) is 0 Å². The smallest absolute Gasteiger partial charge is 0.320 e. The second-order valence-corrected chi connectivity index (χ2v) is 3.61. The summed E-state index contributed by atoms with van der Waals surface area (Å²) in [5.41, 5.74) is 0. The molecule has 76 valence electrons. The van der Waals surface area contributed by atoms with Crippen LogP contribution in [0.4, 0.5) is 0 Å². The van der Waals surface area contributed by atoms with Crippen LogP contribution >= 0.6 is 11.6 Å². The van der Waals surface area contributed by atoms with E-state index in [2.05, 4.69) is 20.4 Å². The summed E-state index contributed by atoms with van der Waals surface area (Å²) >= 11 is 5.30. The molecule has 1 atom stereocenters. The van der Waals surface area contributed by atoms with Crippen LogP contribution in [0.3, 0.4) is 0 Å². The van der Waals surface area contributed by atoms with Gasteiger partial charge in [0.1, 0.15) is 5.88 Å². The highest BCUT2D eigenvalue weighted by atomic mass is 35.5. The van der Waals surface area contributed by atoms with Crippen molar-refractivity contribution in [2.45, 2.75) is 20.3 Å². The summed E-state index contributed by atoms with van der Waals surface area (Å²) < 4.78 is 4.95. The topological polar surface area (TPSA) is 26.3 Å². The van der Waals surface area contributed by atoms with Gasteiger partial charge in [-0.3, -0.25) is 4.79 Å². The quantitative estimate of drug-likeness (QED) is 0.378. The van der Waals surface area contributed by atoms with E-state index in [4.69, 9.17) is 16.3 Å². The molecule has 0 spiro atoms. The van der Waals surface area contributed by atoms with Crippen molar-refractivity contribution in [3.05, 3.63) is 12.7 Å². The number of hydrogen-bond acceptors (Lipinski definition) is 2. The Labute approximate surface area is 84.9 Å². The molecule has 0 bridgehead atoms. The molecule has 0 aliphatic rings. The number of alkyl halides is 1. The third-order valence-electron chi connectivity index (χ3n) is 1.98. The van der Waals surface area contributed by atoms with Gasteiger partial charge in [-0.1, -0.05) is 19.9 Å². The summed E-state index contributed by atoms with van der Waals surface area (Å²) in [5, 5.41) is 0. The van der Waals surface area contributed by atoms with Gasteiger partial charge in [-0.05, 0) is 18.3 Å². The zero-order valence-corrected chi connectivity index (χ0v) is 9.01. The highest BCUT2D eigenvalue weighted by Crippen LogP contribution is 2.15. The minimum absolute atomic E-state index is 0.0705. The van der Waals surface area contributed by atoms with Gasteiger partial charge in [-0.2, -0.15) is 0 Å². The molecular formula is C10H17ClO2. The summed E-state index contributed by atoms with van der Waals surface area (Å²) in [6, 6.07) is 0. The Kier molecular flexibility index (Phi) is 6.69. The molecule has 2 nitrogen and oxygen atoms in total. The third kappa shape index (κ3) is 5.69. The number of hydrogen-bond donors (Lipinski definition) is 0. The second kappa shape index (κ2) is 6.96. The Bertz CT molecular complexity index is 166. The number of esters is 1. The van der Waals surface area contributed by atoms with Gasteiger partial charge < -0.3 is 4.74 Å². The van der Waals surface area contributed by atoms with Crippen molar-refractivity contribution in [1.29, 1.82) is 0 Å². The highest BCUT2D eigenvalue weighted by Gasteiger charge is 2.13. The largest absolute Gasteiger partial charge is 0.464 e. The first-order valence-corrected chi connectivity index (χ1v) is 4.97. The Morgan fingerprint density at radius 1 is 1.62 bits per heavy atom. The molecule has 0 aromatic rings. The lowest BCUT2D eigenvalue weighted by Gasteiger charge is -2.18. The van der Waals surface area contributed by atoms with E-state index in [0.29, 0.717) is 18.4 Å². The molecule has 0 saturated carbocycles. The molecule has 0 saturated heterocycles. The fourth-order valence-corrected chi connectivity index (χ4v) is 1.06. The van der Waals surface area contributed by atoms with Gasteiger partial charge in [0.05, 0.1) is 6.61 Å². The van der Waals surface area contributed by atoms with Crippen LogP contribution in [0.1, 0.15) is 20.3 Å². The van der Waals surface area contributed by atoms with Crippen molar-refractivity contribution in [2.75, 3.05) is 12.5 Å². The standard InChI is InChI=1S/C10H17ClO2/c1-4-5-9(8(2)3)7-13-10(12)6-11/h4,8-9H,1,5-7H2,2-3H3/t9-/m0/s1. The van der Waals surface area contributed by atoms with Gasteiger partial charge in [0, 0.05) is 0 Å². The van der Waals surface area contributed by atoms with Crippen molar-refractivity contribution in [3.8, 4) is 0 Å². The average Bonchev–Trinajstić information content (AvgIpc) is 2.11.